The van der Waals surface area contributed by atoms with Crippen LogP contribution in [0.15, 0.2) is 173 Å². The van der Waals surface area contributed by atoms with Gasteiger partial charge in [-0.2, -0.15) is 0 Å². The van der Waals surface area contributed by atoms with Gasteiger partial charge in [0, 0.05) is 38.4 Å². The van der Waals surface area contributed by atoms with E-state index in [0.29, 0.717) is 33.3 Å². The van der Waals surface area contributed by atoms with Crippen molar-refractivity contribution >= 4 is 60.9 Å². The Bertz CT molecular complexity index is 3480. The third kappa shape index (κ3) is 4.43. The number of furan rings is 2. The lowest BCUT2D eigenvalue weighted by Crippen LogP contribution is -2.18. The lowest BCUT2D eigenvalue weighted by Gasteiger charge is -2.30. The van der Waals surface area contributed by atoms with Gasteiger partial charge in [-0.15, -0.1) is 0 Å². The Balaban J connectivity index is 1.11. The van der Waals surface area contributed by atoms with Crippen LogP contribution in [-0.2, 0) is 10.8 Å². The Labute approximate surface area is 338 Å². The van der Waals surface area contributed by atoms with Crippen LogP contribution < -0.4 is 4.90 Å². The Hall–Kier alpha value is -6.84. The van der Waals surface area contributed by atoms with E-state index in [1.165, 1.54) is 44.5 Å². The van der Waals surface area contributed by atoms with Gasteiger partial charge < -0.3 is 13.7 Å². The summed E-state index contributed by atoms with van der Waals surface area (Å²) in [7, 11) is 0. The predicted molar refractivity (Wildman–Crippen MR) is 236 cm³/mol. The summed E-state index contributed by atoms with van der Waals surface area (Å²) >= 11 is 0. The average molecular weight is 739 g/mol. The van der Waals surface area contributed by atoms with Gasteiger partial charge in [-0.05, 0) is 110 Å². The molecule has 12 rings (SSSR count). The zero-order chi connectivity index (χ0) is 42.6. The first-order valence-electron chi connectivity index (χ1n) is 22.0. The number of rotatable bonds is 4. The first-order chi connectivity index (χ1) is 29.8. The highest BCUT2D eigenvalue weighted by atomic mass is 16.3. The van der Waals surface area contributed by atoms with E-state index in [9.17, 15) is 0 Å². The topological polar surface area (TPSA) is 29.5 Å². The molecule has 10 aromatic rings. The number of anilines is 3. The molecule has 0 saturated heterocycles. The second kappa shape index (κ2) is 11.4. The summed E-state index contributed by atoms with van der Waals surface area (Å²) in [6, 6.07) is 45.1. The SMILES string of the molecule is [2H]c1c([2H])c([2H])c(-c2cccc3oc4cc5c(cc4c23)oc2cccc(N(c3ccc4c(c3)C(C)(C)c3ccccc3-4)c3ccc4c(c3)C(C)(C)c3ccccc3-4)c25)c([2H])c1[2H]. The summed E-state index contributed by atoms with van der Waals surface area (Å²) in [5.41, 5.74) is 16.0. The van der Waals surface area contributed by atoms with E-state index in [1.54, 1.807) is 12.1 Å². The maximum Gasteiger partial charge on any atom is 0.137 e. The Morgan fingerprint density at radius 3 is 1.53 bits per heavy atom. The largest absolute Gasteiger partial charge is 0.456 e. The van der Waals surface area contributed by atoms with Crippen LogP contribution in [0.5, 0.6) is 0 Å². The summed E-state index contributed by atoms with van der Waals surface area (Å²) < 4.78 is 55.9. The van der Waals surface area contributed by atoms with Crippen molar-refractivity contribution in [3.63, 3.8) is 0 Å². The molecule has 0 fully saturated rings. The third-order valence-corrected chi connectivity index (χ3v) is 12.8. The standard InChI is InChI=1S/C54H39NO2/c1-53(2)42-19-10-8-16-36(42)38-26-24-33(28-44(38)53)55(34-25-27-39-37-17-9-11-20-43(37)54(3,4)45(39)29-34)46-21-13-23-48-52(46)41-31-49-40(30-50(41)57-48)51-35(18-12-22-47(51)56-49)32-14-6-5-7-15-32/h5-31H,1-4H3/i5D,6D,7D,14D,15D. The van der Waals surface area contributed by atoms with Crippen molar-refractivity contribution in [3.05, 3.63) is 186 Å². The fourth-order valence-corrected chi connectivity index (χ4v) is 10.00. The second-order valence-electron chi connectivity index (χ2n) is 16.5. The molecule has 3 heteroatoms. The van der Waals surface area contributed by atoms with Crippen molar-refractivity contribution in [1.29, 1.82) is 0 Å². The van der Waals surface area contributed by atoms with E-state index in [4.69, 9.17) is 15.7 Å². The maximum atomic E-state index is 8.79. The van der Waals surface area contributed by atoms with Gasteiger partial charge in [0.15, 0.2) is 0 Å². The summed E-state index contributed by atoms with van der Waals surface area (Å²) in [6.07, 6.45) is 0. The van der Waals surface area contributed by atoms with Crippen LogP contribution in [0.2, 0.25) is 0 Å². The van der Waals surface area contributed by atoms with E-state index in [1.807, 2.05) is 30.3 Å². The van der Waals surface area contributed by atoms with Gasteiger partial charge in [0.2, 0.25) is 0 Å². The van der Waals surface area contributed by atoms with Crippen LogP contribution in [0.3, 0.4) is 0 Å². The van der Waals surface area contributed by atoms with Gasteiger partial charge in [0.25, 0.3) is 0 Å². The zero-order valence-corrected chi connectivity index (χ0v) is 32.0. The quantitative estimate of drug-likeness (QED) is 0.180. The van der Waals surface area contributed by atoms with E-state index in [0.717, 1.165) is 33.2 Å². The van der Waals surface area contributed by atoms with Crippen molar-refractivity contribution < 1.29 is 15.7 Å². The lowest BCUT2D eigenvalue weighted by atomic mass is 9.82. The molecule has 2 aliphatic carbocycles. The molecule has 2 heterocycles. The molecule has 0 unspecified atom stereocenters. The summed E-state index contributed by atoms with van der Waals surface area (Å²) in [6.45, 7) is 9.25. The molecule has 0 aliphatic heterocycles. The molecule has 0 amide bonds. The average Bonchev–Trinajstić information content (AvgIpc) is 3.97. The molecule has 0 N–H and O–H groups in total. The van der Waals surface area contributed by atoms with Crippen molar-refractivity contribution in [2.45, 2.75) is 38.5 Å². The van der Waals surface area contributed by atoms with Crippen molar-refractivity contribution in [3.8, 4) is 33.4 Å². The van der Waals surface area contributed by atoms with Gasteiger partial charge in [0.05, 0.1) is 17.9 Å². The molecule has 0 radical (unpaired) electrons. The number of hydrogen-bond acceptors (Lipinski definition) is 3. The number of benzene rings is 8. The van der Waals surface area contributed by atoms with Crippen LogP contribution in [-0.4, -0.2) is 0 Å². The first-order valence-corrected chi connectivity index (χ1v) is 19.5. The minimum absolute atomic E-state index is 0.133. The molecule has 0 saturated carbocycles. The molecule has 57 heavy (non-hydrogen) atoms. The van der Waals surface area contributed by atoms with Crippen molar-refractivity contribution in [2.75, 3.05) is 4.90 Å². The molecule has 2 aliphatic rings. The Kier molecular flexibility index (Phi) is 5.52. The third-order valence-electron chi connectivity index (χ3n) is 12.8. The molecule has 2 aromatic heterocycles. The van der Waals surface area contributed by atoms with Gasteiger partial charge in [0.1, 0.15) is 22.3 Å². The number of fused-ring (bicyclic) bond motifs is 12. The molecule has 3 nitrogen and oxygen atoms in total. The zero-order valence-electron chi connectivity index (χ0n) is 37.0. The van der Waals surface area contributed by atoms with Crippen LogP contribution in [0.4, 0.5) is 17.1 Å². The van der Waals surface area contributed by atoms with Crippen molar-refractivity contribution in [2.24, 2.45) is 0 Å². The van der Waals surface area contributed by atoms with Gasteiger partial charge in [-0.3, -0.25) is 0 Å². The lowest BCUT2D eigenvalue weighted by molar-refractivity contribution is 0.660. The molecular formula is C54H39NO2. The minimum Gasteiger partial charge on any atom is -0.456 e. The van der Waals surface area contributed by atoms with E-state index in [-0.39, 0.29) is 40.6 Å². The fraction of sp³-hybridized carbons (Fsp3) is 0.111. The Morgan fingerprint density at radius 2 is 0.930 bits per heavy atom. The molecule has 0 atom stereocenters. The molecule has 0 spiro atoms. The normalized spacial score (nSPS) is 15.8. The summed E-state index contributed by atoms with van der Waals surface area (Å²) in [5, 5.41) is 3.20. The van der Waals surface area contributed by atoms with E-state index in [2.05, 4.69) is 124 Å². The highest BCUT2D eigenvalue weighted by Crippen LogP contribution is 2.54. The highest BCUT2D eigenvalue weighted by molar-refractivity contribution is 6.20. The number of hydrogen-bond donors (Lipinski definition) is 0. The predicted octanol–water partition coefficient (Wildman–Crippen LogP) is 15.2. The van der Waals surface area contributed by atoms with Gasteiger partial charge in [-0.25, -0.2) is 0 Å². The molecule has 272 valence electrons. The summed E-state index contributed by atoms with van der Waals surface area (Å²) in [4.78, 5) is 2.37. The minimum atomic E-state index is -0.427. The van der Waals surface area contributed by atoms with Crippen LogP contribution >= 0.6 is 0 Å². The van der Waals surface area contributed by atoms with E-state index >= 15 is 0 Å². The molecular weight excluding hydrogens is 695 g/mol. The smallest absolute Gasteiger partial charge is 0.137 e. The fourth-order valence-electron chi connectivity index (χ4n) is 10.00. The van der Waals surface area contributed by atoms with Crippen LogP contribution in [0.25, 0.3) is 77.3 Å². The molecule has 8 aromatic carbocycles. The maximum absolute atomic E-state index is 8.79. The molecule has 0 bridgehead atoms. The van der Waals surface area contributed by atoms with E-state index < -0.39 is 6.04 Å². The Morgan fingerprint density at radius 1 is 0.439 bits per heavy atom. The monoisotopic (exact) mass is 738 g/mol. The highest BCUT2D eigenvalue weighted by Gasteiger charge is 2.38. The van der Waals surface area contributed by atoms with Gasteiger partial charge in [-0.1, -0.05) is 137 Å². The van der Waals surface area contributed by atoms with Gasteiger partial charge >= 0.3 is 0 Å². The summed E-state index contributed by atoms with van der Waals surface area (Å²) in [5.74, 6) is 0. The van der Waals surface area contributed by atoms with Crippen molar-refractivity contribution in [1.82, 2.24) is 0 Å². The van der Waals surface area contributed by atoms with Crippen LogP contribution in [0.1, 0.15) is 56.8 Å². The second-order valence-corrected chi connectivity index (χ2v) is 16.5. The first kappa shape index (κ1) is 27.7. The number of nitrogens with zero attached hydrogens (tertiary/aromatic N) is 1. The van der Waals surface area contributed by atoms with Crippen LogP contribution in [0, 0.1) is 0 Å².